The third-order valence-corrected chi connectivity index (χ3v) is 2.95. The van der Waals surface area contributed by atoms with Crippen LogP contribution in [0.4, 0.5) is 4.39 Å². The first-order valence-corrected chi connectivity index (χ1v) is 5.31. The molecule has 15 heavy (non-hydrogen) atoms. The minimum absolute atomic E-state index is 0.186. The highest BCUT2D eigenvalue weighted by Gasteiger charge is 2.22. The van der Waals surface area contributed by atoms with E-state index in [1.807, 2.05) is 6.92 Å². The van der Waals surface area contributed by atoms with Crippen molar-refractivity contribution in [2.45, 2.75) is 32.1 Å². The maximum atomic E-state index is 13.7. The van der Waals surface area contributed by atoms with E-state index in [1.165, 1.54) is 17.2 Å². The average Bonchev–Trinajstić information content (AvgIpc) is 2.11. The minimum atomic E-state index is -0.186. The molecule has 3 heteroatoms. The standard InChI is InChI=1S/C12H15FN2/c1-2-6-15-8-11(13)10(7-12(15)14)9-4-3-5-9/h2,6-9,14H,3-5H2,1H3/b6-2-,14-12?. The lowest BCUT2D eigenvalue weighted by atomic mass is 9.80. The molecule has 80 valence electrons. The summed E-state index contributed by atoms with van der Waals surface area (Å²) in [5.41, 5.74) is 1.06. The van der Waals surface area contributed by atoms with E-state index >= 15 is 0 Å². The predicted octanol–water partition coefficient (Wildman–Crippen LogP) is 2.86. The zero-order valence-corrected chi connectivity index (χ0v) is 8.83. The fourth-order valence-electron chi connectivity index (χ4n) is 1.87. The van der Waals surface area contributed by atoms with Gasteiger partial charge in [0.2, 0.25) is 0 Å². The van der Waals surface area contributed by atoms with Crippen molar-refractivity contribution in [2.75, 3.05) is 0 Å². The second-order valence-corrected chi connectivity index (χ2v) is 3.98. The summed E-state index contributed by atoms with van der Waals surface area (Å²) < 4.78 is 15.2. The second-order valence-electron chi connectivity index (χ2n) is 3.98. The molecule has 0 radical (unpaired) electrons. The molecule has 1 aliphatic carbocycles. The number of aromatic nitrogens is 1. The first kappa shape index (κ1) is 10.1. The highest BCUT2D eigenvalue weighted by Crippen LogP contribution is 2.36. The van der Waals surface area contributed by atoms with Crippen LogP contribution < -0.4 is 5.49 Å². The Kier molecular flexibility index (Phi) is 2.71. The van der Waals surface area contributed by atoms with Gasteiger partial charge in [-0.3, -0.25) is 5.41 Å². The van der Waals surface area contributed by atoms with Crippen LogP contribution in [0.2, 0.25) is 0 Å². The van der Waals surface area contributed by atoms with Crippen LogP contribution in [0.1, 0.15) is 37.7 Å². The van der Waals surface area contributed by atoms with Crippen LogP contribution in [0.3, 0.4) is 0 Å². The number of halogens is 1. The Bertz CT molecular complexity index is 441. The molecular formula is C12H15FN2. The SMILES string of the molecule is C/C=C\n1cc(F)c(C2CCC2)cc1=N. The third-order valence-electron chi connectivity index (χ3n) is 2.95. The molecule has 0 bridgehead atoms. The lowest BCUT2D eigenvalue weighted by Gasteiger charge is -2.26. The second kappa shape index (κ2) is 4.01. The largest absolute Gasteiger partial charge is 0.307 e. The molecule has 0 spiro atoms. The zero-order chi connectivity index (χ0) is 10.8. The van der Waals surface area contributed by atoms with Crippen LogP contribution in [-0.2, 0) is 0 Å². The molecule has 1 heterocycles. The van der Waals surface area contributed by atoms with Crippen LogP contribution in [0, 0.1) is 11.2 Å². The first-order valence-electron chi connectivity index (χ1n) is 5.31. The molecule has 0 aliphatic heterocycles. The highest BCUT2D eigenvalue weighted by atomic mass is 19.1. The zero-order valence-electron chi connectivity index (χ0n) is 8.83. The predicted molar refractivity (Wildman–Crippen MR) is 57.8 cm³/mol. The van der Waals surface area contributed by atoms with Gasteiger partial charge in [0.15, 0.2) is 0 Å². The van der Waals surface area contributed by atoms with E-state index in [0.717, 1.165) is 12.8 Å². The Hall–Kier alpha value is -1.38. The third kappa shape index (κ3) is 1.87. The smallest absolute Gasteiger partial charge is 0.143 e. The van der Waals surface area contributed by atoms with Gasteiger partial charge in [-0.05, 0) is 37.3 Å². The maximum absolute atomic E-state index is 13.7. The van der Waals surface area contributed by atoms with Gasteiger partial charge in [0.25, 0.3) is 0 Å². The van der Waals surface area contributed by atoms with Crippen molar-refractivity contribution in [2.24, 2.45) is 0 Å². The monoisotopic (exact) mass is 206 g/mol. The Morgan fingerprint density at radius 3 is 2.80 bits per heavy atom. The lowest BCUT2D eigenvalue weighted by molar-refractivity contribution is 0.402. The number of hydrogen-bond acceptors (Lipinski definition) is 1. The van der Waals surface area contributed by atoms with Gasteiger partial charge in [-0.2, -0.15) is 0 Å². The molecule has 1 saturated carbocycles. The highest BCUT2D eigenvalue weighted by molar-refractivity contribution is 5.27. The number of pyridine rings is 1. The molecular weight excluding hydrogens is 191 g/mol. The van der Waals surface area contributed by atoms with Crippen molar-refractivity contribution in [3.63, 3.8) is 0 Å². The molecule has 2 nitrogen and oxygen atoms in total. The molecule has 0 unspecified atom stereocenters. The summed E-state index contributed by atoms with van der Waals surface area (Å²) in [4.78, 5) is 0. The normalized spacial score (nSPS) is 16.9. The van der Waals surface area contributed by atoms with Gasteiger partial charge in [-0.25, -0.2) is 4.39 Å². The van der Waals surface area contributed by atoms with Crippen LogP contribution in [-0.4, -0.2) is 4.57 Å². The summed E-state index contributed by atoms with van der Waals surface area (Å²) in [5.74, 6) is 0.156. The van der Waals surface area contributed by atoms with Crippen LogP contribution in [0.5, 0.6) is 0 Å². The van der Waals surface area contributed by atoms with Gasteiger partial charge in [0.05, 0.1) is 0 Å². The van der Waals surface area contributed by atoms with Gasteiger partial charge in [-0.15, -0.1) is 0 Å². The van der Waals surface area contributed by atoms with E-state index < -0.39 is 0 Å². The molecule has 2 rings (SSSR count). The summed E-state index contributed by atoms with van der Waals surface area (Å²) >= 11 is 0. The van der Waals surface area contributed by atoms with E-state index in [-0.39, 0.29) is 5.82 Å². The molecule has 1 aromatic heterocycles. The van der Waals surface area contributed by atoms with E-state index in [4.69, 9.17) is 5.41 Å². The summed E-state index contributed by atoms with van der Waals surface area (Å²) in [6, 6.07) is 1.65. The Morgan fingerprint density at radius 2 is 2.27 bits per heavy atom. The number of nitrogens with one attached hydrogen (secondary N) is 1. The van der Waals surface area contributed by atoms with Crippen molar-refractivity contribution in [3.05, 3.63) is 35.2 Å². The number of rotatable bonds is 2. The molecule has 0 saturated heterocycles. The van der Waals surface area contributed by atoms with Crippen molar-refractivity contribution < 1.29 is 4.39 Å². The summed E-state index contributed by atoms with van der Waals surface area (Å²) in [6.45, 7) is 1.85. The van der Waals surface area contributed by atoms with Crippen molar-refractivity contribution in [1.29, 1.82) is 5.41 Å². The molecule has 1 N–H and O–H groups in total. The minimum Gasteiger partial charge on any atom is -0.307 e. The molecule has 1 fully saturated rings. The van der Waals surface area contributed by atoms with E-state index in [2.05, 4.69) is 0 Å². The lowest BCUT2D eigenvalue weighted by Crippen LogP contribution is -2.20. The Labute approximate surface area is 88.6 Å². The van der Waals surface area contributed by atoms with E-state index in [1.54, 1.807) is 18.3 Å². The number of hydrogen-bond donors (Lipinski definition) is 1. The Balaban J connectivity index is 2.42. The molecule has 1 aromatic rings. The topological polar surface area (TPSA) is 28.8 Å². The van der Waals surface area contributed by atoms with Crippen molar-refractivity contribution in [3.8, 4) is 0 Å². The van der Waals surface area contributed by atoms with E-state index in [9.17, 15) is 4.39 Å². The van der Waals surface area contributed by atoms with Gasteiger partial charge in [0.1, 0.15) is 11.3 Å². The van der Waals surface area contributed by atoms with Crippen molar-refractivity contribution >= 4 is 6.20 Å². The summed E-state index contributed by atoms with van der Waals surface area (Å²) in [6.07, 6.45) is 8.18. The quantitative estimate of drug-likeness (QED) is 0.771. The fourth-order valence-corrected chi connectivity index (χ4v) is 1.87. The van der Waals surface area contributed by atoms with Gasteiger partial charge < -0.3 is 4.57 Å². The number of nitrogens with zero attached hydrogens (tertiary/aromatic N) is 1. The van der Waals surface area contributed by atoms with Crippen LogP contribution in [0.15, 0.2) is 18.3 Å². The molecule has 0 amide bonds. The first-order chi connectivity index (χ1) is 7.22. The van der Waals surface area contributed by atoms with Gasteiger partial charge in [0, 0.05) is 12.4 Å². The Morgan fingerprint density at radius 1 is 1.53 bits per heavy atom. The van der Waals surface area contributed by atoms with Gasteiger partial charge >= 0.3 is 0 Å². The summed E-state index contributed by atoms with van der Waals surface area (Å²) in [7, 11) is 0. The summed E-state index contributed by atoms with van der Waals surface area (Å²) in [5, 5.41) is 7.75. The molecule has 0 atom stereocenters. The number of allylic oxidation sites excluding steroid dienone is 1. The fraction of sp³-hybridized carbons (Fsp3) is 0.417. The van der Waals surface area contributed by atoms with Crippen LogP contribution >= 0.6 is 0 Å². The maximum Gasteiger partial charge on any atom is 0.143 e. The average molecular weight is 206 g/mol. The van der Waals surface area contributed by atoms with E-state index in [0.29, 0.717) is 17.0 Å². The van der Waals surface area contributed by atoms with Crippen molar-refractivity contribution in [1.82, 2.24) is 4.57 Å². The van der Waals surface area contributed by atoms with Gasteiger partial charge in [-0.1, -0.05) is 12.5 Å². The molecule has 1 aliphatic rings. The molecule has 0 aromatic carbocycles. The van der Waals surface area contributed by atoms with Crippen LogP contribution in [0.25, 0.3) is 6.20 Å².